The monoisotopic (exact) mass is 636 g/mol. The van der Waals surface area contributed by atoms with Gasteiger partial charge in [-0.1, -0.05) is 6.07 Å². The Kier molecular flexibility index (Phi) is 8.99. The van der Waals surface area contributed by atoms with Crippen LogP contribution in [0.2, 0.25) is 0 Å². The lowest BCUT2D eigenvalue weighted by Crippen LogP contribution is -2.57. The molecule has 1 atom stereocenters. The fraction of sp³-hybridized carbons (Fsp3) is 0.250. The van der Waals surface area contributed by atoms with Gasteiger partial charge in [-0.25, -0.2) is 17.5 Å². The Bertz CT molecular complexity index is 1810. The zero-order chi connectivity index (χ0) is 32.4. The highest BCUT2D eigenvalue weighted by Crippen LogP contribution is 2.34. The number of halogens is 4. The van der Waals surface area contributed by atoms with Crippen LogP contribution >= 0.6 is 0 Å². The van der Waals surface area contributed by atoms with Crippen molar-refractivity contribution in [3.8, 4) is 5.69 Å². The third-order valence-corrected chi connectivity index (χ3v) is 8.53. The second-order valence-corrected chi connectivity index (χ2v) is 12.1. The van der Waals surface area contributed by atoms with Gasteiger partial charge in [0, 0.05) is 23.7 Å². The molecule has 11 nitrogen and oxygen atoms in total. The molecule has 4 rings (SSSR count). The summed E-state index contributed by atoms with van der Waals surface area (Å²) in [6.45, 7) is -1.16. The number of likely N-dealkylation sites (N-methyl/N-ethyl adjacent to an activating group) is 1. The molecule has 234 valence electrons. The number of sulfonamides is 1. The SMILES string of the molecule is Cc1cc(NCC(O)(CN(C)S(=O)(=O)c2ccc(F)cc2)C(F)(F)F)c2cnn(-c3cccc(C(=O)NCC(N)=O)c3)c2c1. The number of aliphatic hydroxyl groups is 1. The summed E-state index contributed by atoms with van der Waals surface area (Å²) in [5.74, 6) is -2.01. The molecule has 0 aliphatic heterocycles. The number of rotatable bonds is 11. The average molecular weight is 637 g/mol. The number of hydrogen-bond acceptors (Lipinski definition) is 7. The number of carbonyl (C=O) groups excluding carboxylic acids is 2. The number of benzene rings is 3. The van der Waals surface area contributed by atoms with Gasteiger partial charge in [-0.3, -0.25) is 9.59 Å². The van der Waals surface area contributed by atoms with Gasteiger partial charge in [0.1, 0.15) is 5.82 Å². The van der Waals surface area contributed by atoms with Crippen molar-refractivity contribution in [2.75, 3.05) is 32.0 Å². The van der Waals surface area contributed by atoms with Gasteiger partial charge in [-0.15, -0.1) is 0 Å². The van der Waals surface area contributed by atoms with Crippen LogP contribution in [0.25, 0.3) is 16.6 Å². The normalized spacial score (nSPS) is 13.5. The van der Waals surface area contributed by atoms with Crippen LogP contribution in [-0.4, -0.2) is 77.9 Å². The smallest absolute Gasteiger partial charge is 0.381 e. The summed E-state index contributed by atoms with van der Waals surface area (Å²) in [5.41, 5.74) is 3.41. The van der Waals surface area contributed by atoms with Gasteiger partial charge < -0.3 is 21.5 Å². The molecule has 2 amide bonds. The zero-order valence-corrected chi connectivity index (χ0v) is 24.2. The predicted octanol–water partition coefficient (Wildman–Crippen LogP) is 2.71. The lowest BCUT2D eigenvalue weighted by molar-refractivity contribution is -0.255. The molecule has 0 fully saturated rings. The van der Waals surface area contributed by atoms with Crippen molar-refractivity contribution in [3.05, 3.63) is 83.8 Å². The summed E-state index contributed by atoms with van der Waals surface area (Å²) in [5, 5.41) is 20.5. The number of nitrogens with two attached hydrogens (primary N) is 1. The number of nitrogens with one attached hydrogen (secondary N) is 2. The number of aromatic nitrogens is 2. The largest absolute Gasteiger partial charge is 0.420 e. The average Bonchev–Trinajstić information content (AvgIpc) is 3.38. The zero-order valence-electron chi connectivity index (χ0n) is 23.4. The van der Waals surface area contributed by atoms with E-state index < -0.39 is 57.4 Å². The molecular weight excluding hydrogens is 608 g/mol. The number of anilines is 1. The molecule has 0 aliphatic carbocycles. The Morgan fingerprint density at radius 2 is 1.77 bits per heavy atom. The van der Waals surface area contributed by atoms with Crippen LogP contribution in [-0.2, 0) is 14.8 Å². The van der Waals surface area contributed by atoms with Crippen LogP contribution in [0.15, 0.2) is 71.8 Å². The minimum atomic E-state index is -5.25. The van der Waals surface area contributed by atoms with E-state index >= 15 is 0 Å². The highest BCUT2D eigenvalue weighted by Gasteiger charge is 2.55. The van der Waals surface area contributed by atoms with Crippen molar-refractivity contribution in [2.24, 2.45) is 5.73 Å². The van der Waals surface area contributed by atoms with E-state index in [-0.39, 0.29) is 17.8 Å². The van der Waals surface area contributed by atoms with E-state index in [9.17, 15) is 40.7 Å². The first-order chi connectivity index (χ1) is 20.5. The first-order valence-corrected chi connectivity index (χ1v) is 14.4. The van der Waals surface area contributed by atoms with Gasteiger partial charge in [0.2, 0.25) is 15.9 Å². The van der Waals surface area contributed by atoms with Crippen molar-refractivity contribution < 1.29 is 40.7 Å². The van der Waals surface area contributed by atoms with Crippen LogP contribution in [0.1, 0.15) is 15.9 Å². The van der Waals surface area contributed by atoms with Gasteiger partial charge >= 0.3 is 6.18 Å². The molecular formula is C28H28F4N6O5S. The molecule has 0 aliphatic rings. The van der Waals surface area contributed by atoms with Crippen molar-refractivity contribution >= 4 is 38.4 Å². The fourth-order valence-corrected chi connectivity index (χ4v) is 5.62. The number of carbonyl (C=O) groups is 2. The van der Waals surface area contributed by atoms with Gasteiger partial charge in [0.25, 0.3) is 5.91 Å². The van der Waals surface area contributed by atoms with Gasteiger partial charge in [0.15, 0.2) is 5.60 Å². The number of primary amides is 1. The number of fused-ring (bicyclic) bond motifs is 1. The molecule has 16 heteroatoms. The van der Waals surface area contributed by atoms with Gasteiger partial charge in [-0.05, 0) is 67.1 Å². The van der Waals surface area contributed by atoms with Gasteiger partial charge in [0.05, 0.1) is 41.9 Å². The summed E-state index contributed by atoms with van der Waals surface area (Å²) >= 11 is 0. The predicted molar refractivity (Wildman–Crippen MR) is 153 cm³/mol. The van der Waals surface area contributed by atoms with Crippen molar-refractivity contribution in [1.29, 1.82) is 0 Å². The molecule has 1 aromatic heterocycles. The second-order valence-electron chi connectivity index (χ2n) is 10.1. The van der Waals surface area contributed by atoms with Crippen LogP contribution in [0.5, 0.6) is 0 Å². The summed E-state index contributed by atoms with van der Waals surface area (Å²) in [7, 11) is -3.62. The minimum absolute atomic E-state index is 0.174. The molecule has 44 heavy (non-hydrogen) atoms. The lowest BCUT2D eigenvalue weighted by Gasteiger charge is -2.34. The van der Waals surface area contributed by atoms with Crippen LogP contribution in [0, 0.1) is 12.7 Å². The summed E-state index contributed by atoms with van der Waals surface area (Å²) in [6.07, 6.45) is -3.87. The Hall–Kier alpha value is -4.54. The number of nitrogens with zero attached hydrogens (tertiary/aromatic N) is 3. The standard InChI is InChI=1S/C28H28F4N6O5S/c1-17-10-23(22-13-36-38(24(22)11-17)20-5-3-4-18(12-20)26(40)34-14-25(33)39)35-15-27(41,28(30,31)32)16-37(2)44(42,43)21-8-6-19(29)7-9-21/h3-13,35,41H,14-16H2,1-2H3,(H2,33,39)(H,34,40). The molecule has 3 aromatic carbocycles. The summed E-state index contributed by atoms with van der Waals surface area (Å²) in [6, 6.07) is 13.0. The van der Waals surface area contributed by atoms with Crippen LogP contribution < -0.4 is 16.4 Å². The summed E-state index contributed by atoms with van der Waals surface area (Å²) in [4.78, 5) is 23.0. The maximum absolute atomic E-state index is 14.2. The van der Waals surface area contributed by atoms with E-state index in [4.69, 9.17) is 5.73 Å². The first kappa shape index (κ1) is 32.4. The van der Waals surface area contributed by atoms with E-state index in [0.717, 1.165) is 31.3 Å². The Labute approximate surface area is 249 Å². The maximum Gasteiger partial charge on any atom is 0.420 e. The third kappa shape index (κ3) is 6.82. The van der Waals surface area contributed by atoms with Crippen molar-refractivity contribution in [2.45, 2.75) is 23.6 Å². The van der Waals surface area contributed by atoms with Crippen LogP contribution in [0.3, 0.4) is 0 Å². The molecule has 0 spiro atoms. The van der Waals surface area contributed by atoms with E-state index in [0.29, 0.717) is 26.5 Å². The third-order valence-electron chi connectivity index (χ3n) is 6.71. The Balaban J connectivity index is 1.62. The number of aryl methyl sites for hydroxylation is 1. The Morgan fingerprint density at radius 3 is 2.41 bits per heavy atom. The van der Waals surface area contributed by atoms with Gasteiger partial charge in [-0.2, -0.15) is 22.6 Å². The molecule has 0 radical (unpaired) electrons. The van der Waals surface area contributed by atoms with Crippen molar-refractivity contribution in [1.82, 2.24) is 19.4 Å². The molecule has 0 bridgehead atoms. The molecule has 0 saturated heterocycles. The quantitative estimate of drug-likeness (QED) is 0.184. The first-order valence-electron chi connectivity index (χ1n) is 12.9. The minimum Gasteiger partial charge on any atom is -0.381 e. The molecule has 0 saturated carbocycles. The number of hydrogen-bond donors (Lipinski definition) is 4. The molecule has 1 heterocycles. The number of alkyl halides is 3. The highest BCUT2D eigenvalue weighted by molar-refractivity contribution is 7.89. The molecule has 5 N–H and O–H groups in total. The van der Waals surface area contributed by atoms with E-state index in [1.54, 1.807) is 25.1 Å². The van der Waals surface area contributed by atoms with Crippen LogP contribution in [0.4, 0.5) is 23.2 Å². The van der Waals surface area contributed by atoms with Crippen molar-refractivity contribution in [3.63, 3.8) is 0 Å². The number of amides is 2. The molecule has 1 unspecified atom stereocenters. The maximum atomic E-state index is 14.2. The van der Waals surface area contributed by atoms with E-state index in [2.05, 4.69) is 15.7 Å². The fourth-order valence-electron chi connectivity index (χ4n) is 4.39. The Morgan fingerprint density at radius 1 is 1.09 bits per heavy atom. The second kappa shape index (κ2) is 12.2. The summed E-state index contributed by atoms with van der Waals surface area (Å²) < 4.78 is 83.4. The van der Waals surface area contributed by atoms with E-state index in [1.165, 1.54) is 29.1 Å². The topological polar surface area (TPSA) is 160 Å². The lowest BCUT2D eigenvalue weighted by atomic mass is 10.0. The molecule has 4 aromatic rings. The van der Waals surface area contributed by atoms with E-state index in [1.807, 2.05) is 0 Å². The highest BCUT2D eigenvalue weighted by atomic mass is 32.2.